The summed E-state index contributed by atoms with van der Waals surface area (Å²) in [5, 5.41) is 0. The van der Waals surface area contributed by atoms with Crippen molar-refractivity contribution in [3.8, 4) is 0 Å². The monoisotopic (exact) mass is 365 g/mol. The van der Waals surface area contributed by atoms with Crippen LogP contribution < -0.4 is 10.9 Å². The molecule has 2 N–H and O–H groups in total. The van der Waals surface area contributed by atoms with Crippen LogP contribution in [0.25, 0.3) is 0 Å². The number of rotatable bonds is 2. The number of carbonyl (C=O) groups is 3. The molecule has 0 bridgehead atoms. The summed E-state index contributed by atoms with van der Waals surface area (Å²) in [6.07, 6.45) is 0.672. The minimum atomic E-state index is -0.543. The molecule has 1 aromatic rings. The van der Waals surface area contributed by atoms with Gasteiger partial charge >= 0.3 is 6.09 Å². The van der Waals surface area contributed by atoms with Gasteiger partial charge in [-0.3, -0.25) is 20.4 Å². The molecule has 8 heteroatoms. The molecule has 2 heterocycles. The van der Waals surface area contributed by atoms with Crippen molar-refractivity contribution in [2.75, 3.05) is 13.1 Å². The number of piperidine rings is 1. The topological polar surface area (TPSA) is 101 Å². The fourth-order valence-electron chi connectivity index (χ4n) is 2.79. The number of hydrazine groups is 1. The third-order valence-electron chi connectivity index (χ3n) is 4.10. The molecule has 0 saturated carbocycles. The van der Waals surface area contributed by atoms with Crippen LogP contribution in [0.4, 0.5) is 4.79 Å². The van der Waals surface area contributed by atoms with Gasteiger partial charge in [0, 0.05) is 19.0 Å². The van der Waals surface area contributed by atoms with Gasteiger partial charge in [-0.15, -0.1) is 0 Å². The maximum Gasteiger partial charge on any atom is 0.410 e. The average Bonchev–Trinajstić information content (AvgIpc) is 2.89. The van der Waals surface area contributed by atoms with E-state index in [-0.39, 0.29) is 17.9 Å². The van der Waals surface area contributed by atoms with Crippen molar-refractivity contribution in [1.29, 1.82) is 0 Å². The summed E-state index contributed by atoms with van der Waals surface area (Å²) in [4.78, 5) is 38.0. The van der Waals surface area contributed by atoms with Crippen LogP contribution in [0, 0.1) is 19.8 Å². The van der Waals surface area contributed by atoms with E-state index in [4.69, 9.17) is 9.15 Å². The number of aryl methyl sites for hydroxylation is 2. The third kappa shape index (κ3) is 5.24. The van der Waals surface area contributed by atoms with E-state index in [9.17, 15) is 14.4 Å². The SMILES string of the molecule is Cc1cc(C(=O)NNC(=O)C2CCN(C(=O)OC(C)(C)C)CC2)c(C)o1. The van der Waals surface area contributed by atoms with Crippen molar-refractivity contribution in [2.45, 2.75) is 53.1 Å². The van der Waals surface area contributed by atoms with Gasteiger partial charge in [-0.2, -0.15) is 0 Å². The molecule has 1 saturated heterocycles. The summed E-state index contributed by atoms with van der Waals surface area (Å²) >= 11 is 0. The van der Waals surface area contributed by atoms with Crippen LogP contribution in [0.2, 0.25) is 0 Å². The first-order valence-electron chi connectivity index (χ1n) is 8.72. The molecular formula is C18H27N3O5. The maximum absolute atomic E-state index is 12.2. The van der Waals surface area contributed by atoms with E-state index < -0.39 is 11.5 Å². The molecule has 0 aliphatic carbocycles. The Balaban J connectivity index is 1.79. The number of hydrogen-bond donors (Lipinski definition) is 2. The normalized spacial score (nSPS) is 15.5. The lowest BCUT2D eigenvalue weighted by Crippen LogP contribution is -2.48. The number of ether oxygens (including phenoxy) is 1. The fraction of sp³-hybridized carbons (Fsp3) is 0.611. The molecular weight excluding hydrogens is 338 g/mol. The van der Waals surface area contributed by atoms with Gasteiger partial charge in [-0.1, -0.05) is 0 Å². The van der Waals surface area contributed by atoms with Gasteiger partial charge in [0.25, 0.3) is 5.91 Å². The van der Waals surface area contributed by atoms with Gasteiger partial charge in [0.2, 0.25) is 5.91 Å². The Bertz CT molecular complexity index is 681. The number of nitrogens with one attached hydrogen (secondary N) is 2. The predicted molar refractivity (Wildman–Crippen MR) is 94.3 cm³/mol. The molecule has 2 rings (SSSR count). The van der Waals surface area contributed by atoms with Crippen molar-refractivity contribution in [3.05, 3.63) is 23.2 Å². The van der Waals surface area contributed by atoms with Crippen molar-refractivity contribution < 1.29 is 23.5 Å². The van der Waals surface area contributed by atoms with Crippen LogP contribution in [0.15, 0.2) is 10.5 Å². The molecule has 3 amide bonds. The Morgan fingerprint density at radius 1 is 1.15 bits per heavy atom. The number of amides is 3. The Labute approximate surface area is 153 Å². The van der Waals surface area contributed by atoms with Gasteiger partial charge < -0.3 is 14.1 Å². The van der Waals surface area contributed by atoms with Gasteiger partial charge in [-0.05, 0) is 53.5 Å². The second kappa shape index (κ2) is 7.80. The average molecular weight is 365 g/mol. The first kappa shape index (κ1) is 19.8. The molecule has 1 aromatic heterocycles. The number of hydrogen-bond acceptors (Lipinski definition) is 5. The second-order valence-corrected chi connectivity index (χ2v) is 7.51. The van der Waals surface area contributed by atoms with Crippen molar-refractivity contribution in [1.82, 2.24) is 15.8 Å². The van der Waals surface area contributed by atoms with Crippen LogP contribution in [-0.4, -0.2) is 41.5 Å². The maximum atomic E-state index is 12.2. The number of carbonyl (C=O) groups excluding carboxylic acids is 3. The standard InChI is InChI=1S/C18H27N3O5/c1-11-10-14(12(2)25-11)16(23)20-19-15(22)13-6-8-21(9-7-13)17(24)26-18(3,4)5/h10,13H,6-9H2,1-5H3,(H,19,22)(H,20,23). The molecule has 8 nitrogen and oxygen atoms in total. The first-order chi connectivity index (χ1) is 12.1. The predicted octanol–water partition coefficient (Wildman–Crippen LogP) is 2.30. The fourth-order valence-corrected chi connectivity index (χ4v) is 2.79. The Morgan fingerprint density at radius 3 is 2.27 bits per heavy atom. The van der Waals surface area contributed by atoms with Gasteiger partial charge in [0.05, 0.1) is 5.56 Å². The summed E-state index contributed by atoms with van der Waals surface area (Å²) in [6, 6.07) is 1.62. The van der Waals surface area contributed by atoms with Gasteiger partial charge in [0.1, 0.15) is 17.1 Å². The molecule has 0 spiro atoms. The molecule has 144 valence electrons. The van der Waals surface area contributed by atoms with E-state index in [0.717, 1.165) is 0 Å². The van der Waals surface area contributed by atoms with Crippen LogP contribution >= 0.6 is 0 Å². The Hall–Kier alpha value is -2.51. The number of nitrogens with zero attached hydrogens (tertiary/aromatic N) is 1. The first-order valence-corrected chi connectivity index (χ1v) is 8.72. The molecule has 1 fully saturated rings. The van der Waals surface area contributed by atoms with Crippen molar-refractivity contribution in [2.24, 2.45) is 5.92 Å². The van der Waals surface area contributed by atoms with E-state index >= 15 is 0 Å². The minimum Gasteiger partial charge on any atom is -0.466 e. The lowest BCUT2D eigenvalue weighted by atomic mass is 9.96. The molecule has 1 aliphatic rings. The zero-order valence-corrected chi connectivity index (χ0v) is 16.0. The molecule has 0 unspecified atom stereocenters. The summed E-state index contributed by atoms with van der Waals surface area (Å²) < 4.78 is 10.6. The van der Waals surface area contributed by atoms with E-state index in [1.165, 1.54) is 0 Å². The Kier molecular flexibility index (Phi) is 5.94. The second-order valence-electron chi connectivity index (χ2n) is 7.51. The zero-order valence-electron chi connectivity index (χ0n) is 16.0. The highest BCUT2D eigenvalue weighted by atomic mass is 16.6. The highest BCUT2D eigenvalue weighted by Gasteiger charge is 2.30. The molecule has 0 aromatic carbocycles. The minimum absolute atomic E-state index is 0.263. The van der Waals surface area contributed by atoms with Gasteiger partial charge in [-0.25, -0.2) is 4.79 Å². The Morgan fingerprint density at radius 2 is 1.77 bits per heavy atom. The van der Waals surface area contributed by atoms with E-state index in [2.05, 4.69) is 10.9 Å². The van der Waals surface area contributed by atoms with Crippen LogP contribution in [0.3, 0.4) is 0 Å². The smallest absolute Gasteiger partial charge is 0.410 e. The molecule has 1 aliphatic heterocycles. The number of likely N-dealkylation sites (tertiary alicyclic amines) is 1. The van der Waals surface area contributed by atoms with E-state index in [0.29, 0.717) is 43.0 Å². The van der Waals surface area contributed by atoms with Crippen LogP contribution in [-0.2, 0) is 9.53 Å². The lowest BCUT2D eigenvalue weighted by molar-refractivity contribution is -0.127. The zero-order chi connectivity index (χ0) is 19.5. The highest BCUT2D eigenvalue weighted by molar-refractivity contribution is 5.96. The largest absolute Gasteiger partial charge is 0.466 e. The van der Waals surface area contributed by atoms with Crippen LogP contribution in [0.5, 0.6) is 0 Å². The van der Waals surface area contributed by atoms with Crippen molar-refractivity contribution in [3.63, 3.8) is 0 Å². The summed E-state index contributed by atoms with van der Waals surface area (Å²) in [7, 11) is 0. The lowest BCUT2D eigenvalue weighted by Gasteiger charge is -2.32. The highest BCUT2D eigenvalue weighted by Crippen LogP contribution is 2.20. The number of furan rings is 1. The van der Waals surface area contributed by atoms with Crippen LogP contribution in [0.1, 0.15) is 55.5 Å². The summed E-state index contributed by atoms with van der Waals surface area (Å²) in [5.74, 6) is 0.188. The van der Waals surface area contributed by atoms with Gasteiger partial charge in [0.15, 0.2) is 0 Å². The van der Waals surface area contributed by atoms with E-state index in [1.807, 2.05) is 20.8 Å². The quantitative estimate of drug-likeness (QED) is 0.783. The van der Waals surface area contributed by atoms with E-state index in [1.54, 1.807) is 24.8 Å². The third-order valence-corrected chi connectivity index (χ3v) is 4.10. The summed E-state index contributed by atoms with van der Waals surface area (Å²) in [5.41, 5.74) is 4.71. The summed E-state index contributed by atoms with van der Waals surface area (Å²) in [6.45, 7) is 9.78. The molecule has 26 heavy (non-hydrogen) atoms. The molecule has 0 radical (unpaired) electrons. The van der Waals surface area contributed by atoms with Crippen molar-refractivity contribution >= 4 is 17.9 Å². The molecule has 0 atom stereocenters.